The van der Waals surface area contributed by atoms with E-state index in [4.69, 9.17) is 4.42 Å². The topological polar surface area (TPSA) is 38.1 Å². The zero-order valence-electron chi connectivity index (χ0n) is 11.0. The molecule has 0 aliphatic heterocycles. The first-order chi connectivity index (χ1) is 8.83. The highest BCUT2D eigenvalue weighted by atomic mass is 32.2. The third-order valence-corrected chi connectivity index (χ3v) is 3.54. The molecule has 0 saturated heterocycles. The van der Waals surface area contributed by atoms with E-state index >= 15 is 0 Å². The summed E-state index contributed by atoms with van der Waals surface area (Å²) in [6.45, 7) is 3.07. The second-order valence-electron chi connectivity index (χ2n) is 4.27. The number of unbranched alkanes of at least 4 members (excludes halogenated alkanes) is 1. The van der Waals surface area contributed by atoms with Crippen LogP contribution in [0, 0.1) is 0 Å². The van der Waals surface area contributed by atoms with Crippen LogP contribution in [0.1, 0.15) is 25.7 Å². The van der Waals surface area contributed by atoms with Crippen LogP contribution in [0.15, 0.2) is 22.6 Å². The summed E-state index contributed by atoms with van der Waals surface area (Å²) >= 11 is 1.90. The van der Waals surface area contributed by atoms with E-state index in [0.29, 0.717) is 0 Å². The van der Waals surface area contributed by atoms with Crippen molar-refractivity contribution >= 4 is 28.5 Å². The molecule has 0 radical (unpaired) electrons. The Bertz CT molecular complexity index is 495. The molecule has 0 unspecified atom stereocenters. The number of thioether (sulfide) groups is 1. The fraction of sp³-hybridized carbons (Fsp3) is 0.500. The third-order valence-electron chi connectivity index (χ3n) is 2.84. The second-order valence-corrected chi connectivity index (χ2v) is 5.26. The molecular weight excluding hydrogens is 244 g/mol. The number of oxazole rings is 1. The van der Waals surface area contributed by atoms with Crippen LogP contribution in [0.5, 0.6) is 0 Å². The zero-order chi connectivity index (χ0) is 12.8. The van der Waals surface area contributed by atoms with Gasteiger partial charge in [0.2, 0.25) is 0 Å². The van der Waals surface area contributed by atoms with Gasteiger partial charge >= 0.3 is 0 Å². The zero-order valence-corrected chi connectivity index (χ0v) is 11.8. The summed E-state index contributed by atoms with van der Waals surface area (Å²) in [5.74, 6) is 2.05. The summed E-state index contributed by atoms with van der Waals surface area (Å²) in [5, 5.41) is 3.43. The number of aryl methyl sites for hydroxylation is 1. The van der Waals surface area contributed by atoms with Gasteiger partial charge in [-0.3, -0.25) is 0 Å². The smallest absolute Gasteiger partial charge is 0.195 e. The van der Waals surface area contributed by atoms with Crippen molar-refractivity contribution in [2.45, 2.75) is 26.2 Å². The van der Waals surface area contributed by atoms with Crippen LogP contribution >= 0.6 is 11.8 Å². The minimum atomic E-state index is 0.808. The monoisotopic (exact) mass is 264 g/mol. The number of hydrogen-bond acceptors (Lipinski definition) is 4. The Morgan fingerprint density at radius 3 is 3.00 bits per heavy atom. The summed E-state index contributed by atoms with van der Waals surface area (Å²) in [6, 6.07) is 6.11. The van der Waals surface area contributed by atoms with Gasteiger partial charge < -0.3 is 9.73 Å². The van der Waals surface area contributed by atoms with Gasteiger partial charge in [0.05, 0.1) is 0 Å². The van der Waals surface area contributed by atoms with Crippen molar-refractivity contribution in [1.29, 1.82) is 0 Å². The van der Waals surface area contributed by atoms with Gasteiger partial charge in [-0.2, -0.15) is 11.8 Å². The average Bonchev–Trinajstić information content (AvgIpc) is 2.80. The lowest BCUT2D eigenvalue weighted by Crippen LogP contribution is -2.01. The van der Waals surface area contributed by atoms with Gasteiger partial charge in [-0.25, -0.2) is 4.98 Å². The predicted octanol–water partition coefficient (Wildman–Crippen LogP) is 3.95. The molecule has 2 aromatic rings. The van der Waals surface area contributed by atoms with Crippen LogP contribution in [0.4, 0.5) is 5.69 Å². The molecule has 0 amide bonds. The number of nitrogens with one attached hydrogen (secondary N) is 1. The molecule has 0 aliphatic carbocycles. The Morgan fingerprint density at radius 2 is 2.22 bits per heavy atom. The van der Waals surface area contributed by atoms with E-state index in [2.05, 4.69) is 35.6 Å². The van der Waals surface area contributed by atoms with Crippen molar-refractivity contribution in [1.82, 2.24) is 4.98 Å². The molecule has 0 spiro atoms. The highest BCUT2D eigenvalue weighted by Gasteiger charge is 2.04. The van der Waals surface area contributed by atoms with E-state index in [0.717, 1.165) is 35.6 Å². The lowest BCUT2D eigenvalue weighted by atomic mass is 10.2. The van der Waals surface area contributed by atoms with E-state index in [1.165, 1.54) is 18.6 Å². The van der Waals surface area contributed by atoms with Crippen molar-refractivity contribution < 1.29 is 4.42 Å². The molecule has 1 N–H and O–H groups in total. The van der Waals surface area contributed by atoms with E-state index in [-0.39, 0.29) is 0 Å². The van der Waals surface area contributed by atoms with E-state index in [1.54, 1.807) is 0 Å². The Kier molecular flexibility index (Phi) is 4.93. The normalized spacial score (nSPS) is 11.0. The summed E-state index contributed by atoms with van der Waals surface area (Å²) < 4.78 is 5.59. The number of rotatable bonds is 7. The van der Waals surface area contributed by atoms with Crippen LogP contribution in [0.3, 0.4) is 0 Å². The van der Waals surface area contributed by atoms with Gasteiger partial charge in [0.1, 0.15) is 5.52 Å². The van der Waals surface area contributed by atoms with E-state index < -0.39 is 0 Å². The summed E-state index contributed by atoms with van der Waals surface area (Å²) in [5.41, 5.74) is 2.95. The van der Waals surface area contributed by atoms with Crippen molar-refractivity contribution in [3.63, 3.8) is 0 Å². The van der Waals surface area contributed by atoms with Gasteiger partial charge in [-0.05, 0) is 43.0 Å². The summed E-state index contributed by atoms with van der Waals surface area (Å²) in [7, 11) is 0. The molecule has 18 heavy (non-hydrogen) atoms. The number of nitrogens with zero attached hydrogens (tertiary/aromatic N) is 1. The van der Waals surface area contributed by atoms with E-state index in [9.17, 15) is 0 Å². The lowest BCUT2D eigenvalue weighted by molar-refractivity contribution is 0.538. The number of anilines is 1. The first kappa shape index (κ1) is 13.3. The Hall–Kier alpha value is -1.16. The molecule has 1 aromatic heterocycles. The highest BCUT2D eigenvalue weighted by molar-refractivity contribution is 7.98. The van der Waals surface area contributed by atoms with Gasteiger partial charge in [-0.1, -0.05) is 6.92 Å². The van der Waals surface area contributed by atoms with Crippen LogP contribution in [-0.4, -0.2) is 23.5 Å². The fourth-order valence-corrected chi connectivity index (χ4v) is 2.33. The fourth-order valence-electron chi connectivity index (χ4n) is 1.84. The SMILES string of the molecule is CCc1nc2cc(NCCCCSC)ccc2o1. The second kappa shape index (κ2) is 6.69. The number of hydrogen-bond donors (Lipinski definition) is 1. The number of benzene rings is 1. The maximum Gasteiger partial charge on any atom is 0.195 e. The molecule has 0 bridgehead atoms. The Labute approximate surface area is 112 Å². The standard InChI is InChI=1S/C14H20N2OS/c1-3-14-16-12-10-11(6-7-13(12)17-14)15-8-4-5-9-18-2/h6-7,10,15H,3-5,8-9H2,1-2H3. The van der Waals surface area contributed by atoms with Crippen LogP contribution in [0.25, 0.3) is 11.1 Å². The summed E-state index contributed by atoms with van der Waals surface area (Å²) in [4.78, 5) is 4.44. The van der Waals surface area contributed by atoms with Crippen LogP contribution in [0.2, 0.25) is 0 Å². The van der Waals surface area contributed by atoms with Crippen molar-refractivity contribution in [2.75, 3.05) is 23.9 Å². The van der Waals surface area contributed by atoms with Crippen molar-refractivity contribution in [2.24, 2.45) is 0 Å². The molecule has 2 rings (SSSR count). The molecule has 1 heterocycles. The quantitative estimate of drug-likeness (QED) is 0.769. The average molecular weight is 264 g/mol. The third kappa shape index (κ3) is 3.42. The maximum atomic E-state index is 5.59. The highest BCUT2D eigenvalue weighted by Crippen LogP contribution is 2.20. The molecule has 98 valence electrons. The van der Waals surface area contributed by atoms with Gasteiger partial charge in [-0.15, -0.1) is 0 Å². The summed E-state index contributed by atoms with van der Waals surface area (Å²) in [6.07, 6.45) is 5.46. The van der Waals surface area contributed by atoms with Gasteiger partial charge in [0, 0.05) is 18.7 Å². The first-order valence-electron chi connectivity index (χ1n) is 6.45. The van der Waals surface area contributed by atoms with Crippen LogP contribution in [-0.2, 0) is 6.42 Å². The first-order valence-corrected chi connectivity index (χ1v) is 7.85. The minimum absolute atomic E-state index is 0.808. The van der Waals surface area contributed by atoms with E-state index in [1.807, 2.05) is 17.8 Å². The van der Waals surface area contributed by atoms with Crippen molar-refractivity contribution in [3.05, 3.63) is 24.1 Å². The predicted molar refractivity (Wildman–Crippen MR) is 79.5 cm³/mol. The lowest BCUT2D eigenvalue weighted by Gasteiger charge is -2.05. The Morgan fingerprint density at radius 1 is 1.33 bits per heavy atom. The van der Waals surface area contributed by atoms with Gasteiger partial charge in [0.25, 0.3) is 0 Å². The van der Waals surface area contributed by atoms with Crippen molar-refractivity contribution in [3.8, 4) is 0 Å². The number of fused-ring (bicyclic) bond motifs is 1. The maximum absolute atomic E-state index is 5.59. The Balaban J connectivity index is 1.93. The number of aromatic nitrogens is 1. The molecule has 0 saturated carbocycles. The molecule has 0 aliphatic rings. The molecule has 0 fully saturated rings. The molecular formula is C14H20N2OS. The van der Waals surface area contributed by atoms with Crippen LogP contribution < -0.4 is 5.32 Å². The minimum Gasteiger partial charge on any atom is -0.441 e. The largest absolute Gasteiger partial charge is 0.441 e. The molecule has 3 nitrogen and oxygen atoms in total. The molecule has 4 heteroatoms. The molecule has 1 aromatic carbocycles. The van der Waals surface area contributed by atoms with Gasteiger partial charge in [0.15, 0.2) is 11.5 Å². The molecule has 0 atom stereocenters.